The summed E-state index contributed by atoms with van der Waals surface area (Å²) >= 11 is 0. The number of rotatable bonds is 21. The minimum atomic E-state index is -0.654. The van der Waals surface area contributed by atoms with Crippen molar-refractivity contribution in [2.45, 2.75) is 163 Å². The first-order valence-corrected chi connectivity index (χ1v) is 14.9. The van der Waals surface area contributed by atoms with Crippen LogP contribution in [0.1, 0.15) is 163 Å². The molecule has 0 saturated carbocycles. The first-order chi connectivity index (χ1) is 16.9. The Balaban J connectivity index is -0.000000163. The second kappa shape index (κ2) is 48.2. The van der Waals surface area contributed by atoms with Crippen LogP contribution in [-0.2, 0) is 26.5 Å². The van der Waals surface area contributed by atoms with Crippen LogP contribution in [0.5, 0.6) is 0 Å². The Bertz CT molecular complexity index is 321. The maximum absolute atomic E-state index is 10.3. The third-order valence-corrected chi connectivity index (χ3v) is 5.46. The third-order valence-electron chi connectivity index (χ3n) is 5.46. The van der Waals surface area contributed by atoms with Crippen LogP contribution in [0.25, 0.3) is 0 Å². The summed E-state index contributed by atoms with van der Waals surface area (Å²) in [5.74, 6) is 0.212. The fourth-order valence-corrected chi connectivity index (χ4v) is 3.07. The summed E-state index contributed by atoms with van der Waals surface area (Å²) in [4.78, 5) is 10.3. The van der Waals surface area contributed by atoms with E-state index in [4.69, 9.17) is 20.4 Å². The van der Waals surface area contributed by atoms with Gasteiger partial charge in [-0.1, -0.05) is 131 Å². The first kappa shape index (κ1) is 45.9. The Hall–Kier alpha value is 0.0643. The minimum Gasteiger partial charge on any atom is -0.481 e. The molecule has 0 unspecified atom stereocenters. The van der Waals surface area contributed by atoms with Gasteiger partial charge in [0.25, 0.3) is 0 Å². The number of hydrogen-bond acceptors (Lipinski definition) is 4. The Morgan fingerprint density at radius 2 is 0.806 bits per heavy atom. The fraction of sp³-hybridized carbons (Fsp3) is 0.967. The summed E-state index contributed by atoms with van der Waals surface area (Å²) in [6, 6.07) is 0. The molecule has 0 aromatic carbocycles. The monoisotopic (exact) mass is 554 g/mol. The number of carbonyl (C=O) groups is 1. The molecule has 0 atom stereocenters. The SMILES string of the molecule is CC(C)CCCCCCCCCCCCCCC(=O)O.CCCCO.CCCCO.CCCCO.[Ti]. The number of carboxylic acids is 1. The van der Waals surface area contributed by atoms with Crippen molar-refractivity contribution in [1.29, 1.82) is 0 Å². The van der Waals surface area contributed by atoms with Crippen molar-refractivity contribution in [3.8, 4) is 0 Å². The van der Waals surface area contributed by atoms with E-state index in [-0.39, 0.29) is 21.7 Å². The van der Waals surface area contributed by atoms with E-state index in [1.165, 1.54) is 70.6 Å². The normalized spacial score (nSPS) is 9.69. The molecule has 0 rings (SSSR count). The van der Waals surface area contributed by atoms with Gasteiger partial charge in [0.1, 0.15) is 0 Å². The zero-order valence-electron chi connectivity index (χ0n) is 25.0. The van der Waals surface area contributed by atoms with E-state index >= 15 is 0 Å². The summed E-state index contributed by atoms with van der Waals surface area (Å²) in [6.07, 6.45) is 23.4. The predicted molar refractivity (Wildman–Crippen MR) is 153 cm³/mol. The van der Waals surface area contributed by atoms with Crippen LogP contribution >= 0.6 is 0 Å². The van der Waals surface area contributed by atoms with Gasteiger partial charge >= 0.3 is 5.97 Å². The molecule has 0 heterocycles. The molecule has 36 heavy (non-hydrogen) atoms. The van der Waals surface area contributed by atoms with Crippen LogP contribution in [-0.4, -0.2) is 46.2 Å². The van der Waals surface area contributed by atoms with Gasteiger partial charge in [0, 0.05) is 48.0 Å². The van der Waals surface area contributed by atoms with Gasteiger partial charge in [-0.2, -0.15) is 0 Å². The van der Waals surface area contributed by atoms with Gasteiger partial charge in [0.2, 0.25) is 0 Å². The molecule has 0 fully saturated rings. The molecule has 0 aromatic heterocycles. The summed E-state index contributed by atoms with van der Waals surface area (Å²) < 4.78 is 0. The van der Waals surface area contributed by atoms with E-state index < -0.39 is 5.97 Å². The van der Waals surface area contributed by atoms with E-state index in [9.17, 15) is 4.79 Å². The Morgan fingerprint density at radius 1 is 0.528 bits per heavy atom. The molecular formula is C30H66O5Ti. The van der Waals surface area contributed by atoms with Crippen molar-refractivity contribution in [2.75, 3.05) is 19.8 Å². The van der Waals surface area contributed by atoms with Crippen LogP contribution in [0.2, 0.25) is 0 Å². The quantitative estimate of drug-likeness (QED) is 0.0842. The number of aliphatic hydroxyl groups is 3. The fourth-order valence-electron chi connectivity index (χ4n) is 3.07. The first-order valence-electron chi connectivity index (χ1n) is 14.9. The van der Waals surface area contributed by atoms with Crippen LogP contribution < -0.4 is 0 Å². The summed E-state index contributed by atoms with van der Waals surface area (Å²) in [6.45, 7) is 11.8. The van der Waals surface area contributed by atoms with E-state index in [2.05, 4.69) is 34.6 Å². The van der Waals surface area contributed by atoms with Gasteiger partial charge in [-0.25, -0.2) is 0 Å². The van der Waals surface area contributed by atoms with Crippen LogP contribution in [0.15, 0.2) is 0 Å². The topological polar surface area (TPSA) is 98.0 Å². The number of unbranched alkanes of at least 4 members (excludes halogenated alkanes) is 14. The number of hydrogen-bond donors (Lipinski definition) is 4. The van der Waals surface area contributed by atoms with Crippen molar-refractivity contribution in [2.24, 2.45) is 5.92 Å². The van der Waals surface area contributed by atoms with Crippen molar-refractivity contribution in [3.63, 3.8) is 0 Å². The molecule has 0 spiro atoms. The molecule has 0 aliphatic rings. The molecule has 220 valence electrons. The number of carboxylic acid groups (broad SMARTS) is 1. The molecule has 0 amide bonds. The third kappa shape index (κ3) is 70.0. The smallest absolute Gasteiger partial charge is 0.303 e. The molecule has 4 N–H and O–H groups in total. The average Bonchev–Trinajstić information content (AvgIpc) is 2.82. The zero-order chi connectivity index (χ0) is 27.4. The molecule has 0 aliphatic heterocycles. The van der Waals surface area contributed by atoms with Crippen molar-refractivity contribution < 1.29 is 46.9 Å². The molecule has 5 nitrogen and oxygen atoms in total. The van der Waals surface area contributed by atoms with Crippen molar-refractivity contribution in [3.05, 3.63) is 0 Å². The average molecular weight is 555 g/mol. The second-order valence-electron chi connectivity index (χ2n) is 9.80. The van der Waals surface area contributed by atoms with E-state index in [1.54, 1.807) is 0 Å². The molecule has 0 radical (unpaired) electrons. The number of aliphatic carboxylic acids is 1. The molecule has 6 heteroatoms. The van der Waals surface area contributed by atoms with Gasteiger partial charge in [-0.05, 0) is 31.6 Å². The summed E-state index contributed by atoms with van der Waals surface area (Å²) in [5.41, 5.74) is 0. The standard InChI is InChI=1S/C18H36O2.3C4H10O.Ti/c1-17(2)15-13-11-9-7-5-3-4-6-8-10-12-14-16-18(19)20;3*1-2-3-4-5;/h17H,3-16H2,1-2H3,(H,19,20);3*5H,2-4H2,1H3;. The number of aliphatic hydroxyl groups excluding tert-OH is 3. The van der Waals surface area contributed by atoms with E-state index in [0.717, 1.165) is 57.3 Å². The summed E-state index contributed by atoms with van der Waals surface area (Å²) in [5, 5.41) is 32.7. The Kier molecular flexibility index (Phi) is 61.5. The largest absolute Gasteiger partial charge is 0.481 e. The molecule has 0 aliphatic carbocycles. The van der Waals surface area contributed by atoms with E-state index in [1.807, 2.05) is 0 Å². The maximum atomic E-state index is 10.3. The predicted octanol–water partition coefficient (Wildman–Crippen LogP) is 8.52. The van der Waals surface area contributed by atoms with Crippen LogP contribution in [0, 0.1) is 5.92 Å². The van der Waals surface area contributed by atoms with E-state index in [0.29, 0.717) is 26.2 Å². The summed E-state index contributed by atoms with van der Waals surface area (Å²) in [7, 11) is 0. The van der Waals surface area contributed by atoms with Crippen molar-refractivity contribution in [1.82, 2.24) is 0 Å². The molecule has 0 bridgehead atoms. The van der Waals surface area contributed by atoms with Crippen LogP contribution in [0.4, 0.5) is 0 Å². The Morgan fingerprint density at radius 3 is 1.00 bits per heavy atom. The van der Waals surface area contributed by atoms with Gasteiger partial charge in [0.15, 0.2) is 0 Å². The van der Waals surface area contributed by atoms with Crippen LogP contribution in [0.3, 0.4) is 0 Å². The van der Waals surface area contributed by atoms with Crippen molar-refractivity contribution >= 4 is 5.97 Å². The molecular weight excluding hydrogens is 488 g/mol. The Labute approximate surface area is 241 Å². The maximum Gasteiger partial charge on any atom is 0.303 e. The molecule has 0 aromatic rings. The van der Waals surface area contributed by atoms with Gasteiger partial charge in [0.05, 0.1) is 0 Å². The molecule has 0 saturated heterocycles. The minimum absolute atomic E-state index is 0. The van der Waals surface area contributed by atoms with Gasteiger partial charge < -0.3 is 20.4 Å². The zero-order valence-corrected chi connectivity index (χ0v) is 26.6. The second-order valence-corrected chi connectivity index (χ2v) is 9.80. The van der Waals surface area contributed by atoms with Gasteiger partial charge in [-0.3, -0.25) is 4.79 Å². The van der Waals surface area contributed by atoms with Gasteiger partial charge in [-0.15, -0.1) is 0 Å².